The average Bonchev–Trinajstić information content (AvgIpc) is 3.03. The quantitative estimate of drug-likeness (QED) is 0.610. The molecule has 1 aliphatic rings. The highest BCUT2D eigenvalue weighted by molar-refractivity contribution is 8.00. The van der Waals surface area contributed by atoms with E-state index in [4.69, 9.17) is 9.84 Å². The van der Waals surface area contributed by atoms with E-state index in [1.54, 1.807) is 6.92 Å². The minimum absolute atomic E-state index is 0.135. The number of carboxylic acids is 1. The molecule has 7 nitrogen and oxygen atoms in total. The molecule has 3 N–H and O–H groups in total. The number of carbonyl (C=O) groups excluding carboxylic acids is 2. The van der Waals surface area contributed by atoms with Gasteiger partial charge in [0.2, 0.25) is 5.91 Å². The molecule has 1 aromatic carbocycles. The van der Waals surface area contributed by atoms with Gasteiger partial charge >= 0.3 is 11.9 Å². The van der Waals surface area contributed by atoms with Crippen molar-refractivity contribution in [3.8, 4) is 0 Å². The van der Waals surface area contributed by atoms with Crippen molar-refractivity contribution in [1.29, 1.82) is 0 Å². The fraction of sp³-hybridized carbons (Fsp3) is 0.438. The van der Waals surface area contributed by atoms with Crippen LogP contribution in [0.25, 0.3) is 0 Å². The minimum atomic E-state index is -0.983. The number of thioether (sulfide) groups is 1. The topological polar surface area (TPSA) is 105 Å². The molecule has 0 radical (unpaired) electrons. The lowest BCUT2D eigenvalue weighted by atomic mass is 10.1. The maximum Gasteiger partial charge on any atom is 0.331 e. The van der Waals surface area contributed by atoms with Crippen molar-refractivity contribution in [2.75, 3.05) is 12.4 Å². The monoisotopic (exact) mass is 352 g/mol. The zero-order chi connectivity index (χ0) is 17.5. The van der Waals surface area contributed by atoms with Gasteiger partial charge in [0.1, 0.15) is 6.04 Å². The fourth-order valence-corrected chi connectivity index (χ4v) is 3.60. The van der Waals surface area contributed by atoms with Crippen LogP contribution in [0, 0.1) is 0 Å². The van der Waals surface area contributed by atoms with E-state index in [1.807, 2.05) is 30.3 Å². The third-order valence-electron chi connectivity index (χ3n) is 3.47. The molecule has 0 spiro atoms. The van der Waals surface area contributed by atoms with Crippen LogP contribution < -0.4 is 10.6 Å². The van der Waals surface area contributed by atoms with Crippen molar-refractivity contribution in [3.63, 3.8) is 0 Å². The Morgan fingerprint density at radius 1 is 1.38 bits per heavy atom. The highest BCUT2D eigenvalue weighted by atomic mass is 32.2. The van der Waals surface area contributed by atoms with Crippen LogP contribution in [0.2, 0.25) is 0 Å². The number of hydrogen-bond acceptors (Lipinski definition) is 6. The van der Waals surface area contributed by atoms with Crippen LogP contribution in [0.4, 0.5) is 0 Å². The van der Waals surface area contributed by atoms with Crippen molar-refractivity contribution in [2.24, 2.45) is 0 Å². The molecule has 24 heavy (non-hydrogen) atoms. The number of ether oxygens (including phenoxy) is 1. The molecule has 3 atom stereocenters. The van der Waals surface area contributed by atoms with Gasteiger partial charge in [-0.25, -0.2) is 4.79 Å². The molecule has 0 unspecified atom stereocenters. The lowest BCUT2D eigenvalue weighted by Gasteiger charge is -2.23. The largest absolute Gasteiger partial charge is 0.480 e. The Hall–Kier alpha value is -2.06. The number of aliphatic carboxylic acids is 1. The number of hydrogen-bond donors (Lipinski definition) is 3. The summed E-state index contributed by atoms with van der Waals surface area (Å²) in [5.41, 5.74) is 0.827. The zero-order valence-electron chi connectivity index (χ0n) is 13.2. The smallest absolute Gasteiger partial charge is 0.331 e. The third-order valence-corrected chi connectivity index (χ3v) is 4.77. The summed E-state index contributed by atoms with van der Waals surface area (Å²) < 4.78 is 5.01. The number of carboxylic acid groups (broad SMARTS) is 1. The molecule has 2 rings (SSSR count). The second kappa shape index (κ2) is 8.70. The predicted octanol–water partition coefficient (Wildman–Crippen LogP) is 0.393. The molecule has 1 saturated heterocycles. The Bertz CT molecular complexity index is 595. The van der Waals surface area contributed by atoms with Gasteiger partial charge in [-0.2, -0.15) is 0 Å². The Balaban J connectivity index is 2.02. The number of rotatable bonds is 7. The summed E-state index contributed by atoms with van der Waals surface area (Å²) in [4.78, 5) is 35.4. The first-order valence-electron chi connectivity index (χ1n) is 7.61. The van der Waals surface area contributed by atoms with Crippen molar-refractivity contribution in [2.45, 2.75) is 30.8 Å². The van der Waals surface area contributed by atoms with Crippen LogP contribution in [0.5, 0.6) is 0 Å². The van der Waals surface area contributed by atoms with Crippen molar-refractivity contribution < 1.29 is 24.2 Å². The Morgan fingerprint density at radius 2 is 2.08 bits per heavy atom. The van der Waals surface area contributed by atoms with Crippen molar-refractivity contribution in [3.05, 3.63) is 35.9 Å². The number of esters is 1. The standard InChI is InChI=1S/C16H20N2O5S/c1-2-23-16(22)13(14-17-11(9-24-14)15(20)21)18-12(19)8-10-6-4-3-5-7-10/h3-7,11,13-14,17H,2,8-9H2,1H3,(H,18,19)(H,20,21)/t11-,13+,14-/m0/s1. The SMILES string of the molecule is CCOC(=O)[C@H](NC(=O)Cc1ccccc1)[C@H]1N[C@H](C(=O)O)CS1. The van der Waals surface area contributed by atoms with Crippen LogP contribution in [-0.2, 0) is 25.5 Å². The van der Waals surface area contributed by atoms with Crippen LogP contribution in [0.1, 0.15) is 12.5 Å². The second-order valence-corrected chi connectivity index (χ2v) is 6.45. The van der Waals surface area contributed by atoms with Gasteiger partial charge in [-0.3, -0.25) is 14.9 Å². The molecule has 130 valence electrons. The molecule has 1 fully saturated rings. The van der Waals surface area contributed by atoms with E-state index in [0.717, 1.165) is 5.56 Å². The summed E-state index contributed by atoms with van der Waals surface area (Å²) >= 11 is 1.28. The minimum Gasteiger partial charge on any atom is -0.480 e. The maximum absolute atomic E-state index is 12.2. The second-order valence-electron chi connectivity index (χ2n) is 5.27. The lowest BCUT2D eigenvalue weighted by molar-refractivity contribution is -0.148. The first-order valence-corrected chi connectivity index (χ1v) is 8.66. The van der Waals surface area contributed by atoms with E-state index < -0.39 is 29.4 Å². The van der Waals surface area contributed by atoms with E-state index >= 15 is 0 Å². The molecule has 0 aromatic heterocycles. The third kappa shape index (κ3) is 4.97. The summed E-state index contributed by atoms with van der Waals surface area (Å²) in [5.74, 6) is -1.55. The number of amides is 1. The normalized spacial score (nSPS) is 21.0. The molecule has 0 aliphatic carbocycles. The molecule has 1 aromatic rings. The highest BCUT2D eigenvalue weighted by Gasteiger charge is 2.39. The fourth-order valence-electron chi connectivity index (χ4n) is 2.33. The summed E-state index contributed by atoms with van der Waals surface area (Å²) in [6, 6.07) is 7.48. The van der Waals surface area contributed by atoms with E-state index in [2.05, 4.69) is 10.6 Å². The Kier molecular flexibility index (Phi) is 6.62. The van der Waals surface area contributed by atoms with Gasteiger partial charge in [0.05, 0.1) is 18.4 Å². The van der Waals surface area contributed by atoms with E-state index in [9.17, 15) is 14.4 Å². The van der Waals surface area contributed by atoms with Crippen molar-refractivity contribution >= 4 is 29.6 Å². The van der Waals surface area contributed by atoms with Gasteiger partial charge in [-0.1, -0.05) is 30.3 Å². The molecule has 1 aliphatic heterocycles. The van der Waals surface area contributed by atoms with Crippen LogP contribution in [-0.4, -0.2) is 52.8 Å². The first-order chi connectivity index (χ1) is 11.5. The van der Waals surface area contributed by atoms with Gasteiger partial charge in [0, 0.05) is 5.75 Å². The van der Waals surface area contributed by atoms with Gasteiger partial charge in [-0.15, -0.1) is 11.8 Å². The van der Waals surface area contributed by atoms with E-state index in [0.29, 0.717) is 5.75 Å². The van der Waals surface area contributed by atoms with Crippen LogP contribution in [0.3, 0.4) is 0 Å². The molecule has 1 amide bonds. The molecular formula is C16H20N2O5S. The lowest BCUT2D eigenvalue weighted by Crippen LogP contribution is -2.54. The Labute approximate surface area is 144 Å². The Morgan fingerprint density at radius 3 is 2.67 bits per heavy atom. The summed E-state index contributed by atoms with van der Waals surface area (Å²) in [7, 11) is 0. The van der Waals surface area contributed by atoms with E-state index in [1.165, 1.54) is 11.8 Å². The summed E-state index contributed by atoms with van der Waals surface area (Å²) in [6.07, 6.45) is 0.135. The van der Waals surface area contributed by atoms with Gasteiger partial charge in [0.25, 0.3) is 0 Å². The molecular weight excluding hydrogens is 332 g/mol. The first kappa shape index (κ1) is 18.3. The number of nitrogens with one attached hydrogen (secondary N) is 2. The average molecular weight is 352 g/mol. The number of benzene rings is 1. The van der Waals surface area contributed by atoms with Crippen LogP contribution >= 0.6 is 11.8 Å². The molecule has 8 heteroatoms. The molecule has 1 heterocycles. The van der Waals surface area contributed by atoms with Gasteiger partial charge in [0.15, 0.2) is 6.04 Å². The maximum atomic E-state index is 12.2. The van der Waals surface area contributed by atoms with Gasteiger partial charge in [-0.05, 0) is 12.5 Å². The van der Waals surface area contributed by atoms with E-state index in [-0.39, 0.29) is 18.9 Å². The van der Waals surface area contributed by atoms with Crippen LogP contribution in [0.15, 0.2) is 30.3 Å². The summed E-state index contributed by atoms with van der Waals surface area (Å²) in [5, 5.41) is 14.0. The summed E-state index contributed by atoms with van der Waals surface area (Å²) in [6.45, 7) is 1.86. The predicted molar refractivity (Wildman–Crippen MR) is 89.5 cm³/mol. The van der Waals surface area contributed by atoms with Crippen molar-refractivity contribution in [1.82, 2.24) is 10.6 Å². The number of carbonyl (C=O) groups is 3. The highest BCUT2D eigenvalue weighted by Crippen LogP contribution is 2.22. The molecule has 0 bridgehead atoms. The zero-order valence-corrected chi connectivity index (χ0v) is 14.0. The molecule has 0 saturated carbocycles. The van der Waals surface area contributed by atoms with Gasteiger partial charge < -0.3 is 15.2 Å².